The number of carbonyl (C=O) groups excluding carboxylic acids is 3. The van der Waals surface area contributed by atoms with Crippen LogP contribution in [0.25, 0.3) is 0 Å². The van der Waals surface area contributed by atoms with Crippen LogP contribution in [0.4, 0.5) is 0 Å². The number of aliphatic hydroxyl groups excluding tert-OH is 1. The van der Waals surface area contributed by atoms with Crippen LogP contribution in [0.1, 0.15) is 27.1 Å². The summed E-state index contributed by atoms with van der Waals surface area (Å²) >= 11 is 0. The highest BCUT2D eigenvalue weighted by atomic mass is 16.6. The zero-order valence-corrected chi connectivity index (χ0v) is 11.5. The molecular formula is C15H12O7. The Hall–Kier alpha value is -2.67. The van der Waals surface area contributed by atoms with Gasteiger partial charge in [-0.1, -0.05) is 12.1 Å². The van der Waals surface area contributed by atoms with Crippen LogP contribution in [0.5, 0.6) is 5.75 Å². The second-order valence-electron chi connectivity index (χ2n) is 4.99. The van der Waals surface area contributed by atoms with Gasteiger partial charge in [0.05, 0.1) is 24.7 Å². The highest BCUT2D eigenvalue weighted by Gasteiger charge is 2.45. The molecule has 1 saturated heterocycles. The SMILES string of the molecule is COC1=C(C2OC(=O)CC2O)C(=O)c2cccc(O)c2C1=O. The predicted molar refractivity (Wildman–Crippen MR) is 71.3 cm³/mol. The first kappa shape index (κ1) is 14.3. The molecule has 0 aromatic heterocycles. The summed E-state index contributed by atoms with van der Waals surface area (Å²) in [4.78, 5) is 36.4. The molecule has 1 aliphatic carbocycles. The molecule has 1 heterocycles. The van der Waals surface area contributed by atoms with E-state index in [2.05, 4.69) is 0 Å². The van der Waals surface area contributed by atoms with Crippen molar-refractivity contribution in [3.05, 3.63) is 40.7 Å². The van der Waals surface area contributed by atoms with Crippen molar-refractivity contribution in [2.24, 2.45) is 0 Å². The molecule has 2 atom stereocenters. The molecule has 1 aromatic carbocycles. The van der Waals surface area contributed by atoms with Gasteiger partial charge in [-0.15, -0.1) is 0 Å². The Balaban J connectivity index is 2.19. The molecule has 1 fully saturated rings. The Morgan fingerprint density at radius 3 is 2.55 bits per heavy atom. The van der Waals surface area contributed by atoms with Gasteiger partial charge in [0.15, 0.2) is 17.6 Å². The molecule has 7 nitrogen and oxygen atoms in total. The highest BCUT2D eigenvalue weighted by molar-refractivity contribution is 6.27. The molecule has 1 aromatic rings. The minimum Gasteiger partial charge on any atom is -0.507 e. The van der Waals surface area contributed by atoms with E-state index in [1.807, 2.05) is 0 Å². The second-order valence-corrected chi connectivity index (χ2v) is 4.99. The van der Waals surface area contributed by atoms with Gasteiger partial charge < -0.3 is 19.7 Å². The summed E-state index contributed by atoms with van der Waals surface area (Å²) in [5.74, 6) is -2.66. The number of phenols is 1. The number of phenolic OH excluding ortho intramolecular Hbond substituents is 1. The number of hydrogen-bond donors (Lipinski definition) is 2. The zero-order chi connectivity index (χ0) is 16.0. The number of Topliss-reactive ketones (excluding diaryl/α,β-unsaturated/α-hetero) is 2. The van der Waals surface area contributed by atoms with Crippen LogP contribution in [-0.4, -0.2) is 47.1 Å². The van der Waals surface area contributed by atoms with Crippen LogP contribution in [0.3, 0.4) is 0 Å². The van der Waals surface area contributed by atoms with E-state index in [1.54, 1.807) is 0 Å². The summed E-state index contributed by atoms with van der Waals surface area (Å²) in [7, 11) is 1.19. The fraction of sp³-hybridized carbons (Fsp3) is 0.267. The lowest BCUT2D eigenvalue weighted by Crippen LogP contribution is -2.34. The number of hydrogen-bond acceptors (Lipinski definition) is 7. The number of allylic oxidation sites excluding steroid dienone is 1. The molecular weight excluding hydrogens is 292 g/mol. The van der Waals surface area contributed by atoms with E-state index in [4.69, 9.17) is 9.47 Å². The zero-order valence-electron chi connectivity index (χ0n) is 11.5. The first-order valence-corrected chi connectivity index (χ1v) is 6.52. The van der Waals surface area contributed by atoms with Gasteiger partial charge >= 0.3 is 5.97 Å². The van der Waals surface area contributed by atoms with Gasteiger partial charge in [-0.05, 0) is 6.07 Å². The van der Waals surface area contributed by atoms with Crippen molar-refractivity contribution < 1.29 is 34.1 Å². The van der Waals surface area contributed by atoms with Crippen molar-refractivity contribution in [2.45, 2.75) is 18.6 Å². The first-order valence-electron chi connectivity index (χ1n) is 6.52. The van der Waals surface area contributed by atoms with Crippen LogP contribution in [0, 0.1) is 0 Å². The number of rotatable bonds is 2. The van der Waals surface area contributed by atoms with Gasteiger partial charge in [-0.2, -0.15) is 0 Å². The van der Waals surface area contributed by atoms with Crippen molar-refractivity contribution in [2.75, 3.05) is 7.11 Å². The van der Waals surface area contributed by atoms with E-state index in [1.165, 1.54) is 25.3 Å². The van der Waals surface area contributed by atoms with Crippen molar-refractivity contribution in [1.82, 2.24) is 0 Å². The Kier molecular flexibility index (Phi) is 3.22. The van der Waals surface area contributed by atoms with Gasteiger partial charge in [0.2, 0.25) is 5.78 Å². The molecule has 114 valence electrons. The van der Waals surface area contributed by atoms with Gasteiger partial charge in [0.25, 0.3) is 0 Å². The maximum atomic E-state index is 12.6. The topological polar surface area (TPSA) is 110 Å². The molecule has 1 aliphatic heterocycles. The van der Waals surface area contributed by atoms with E-state index in [0.717, 1.165) is 0 Å². The van der Waals surface area contributed by atoms with Crippen LogP contribution in [0.15, 0.2) is 29.5 Å². The van der Waals surface area contributed by atoms with E-state index >= 15 is 0 Å². The lowest BCUT2D eigenvalue weighted by molar-refractivity contribution is -0.140. The molecule has 22 heavy (non-hydrogen) atoms. The Bertz CT molecular complexity index is 731. The van der Waals surface area contributed by atoms with Gasteiger partial charge in [0, 0.05) is 5.56 Å². The molecule has 3 rings (SSSR count). The third kappa shape index (κ3) is 1.90. The number of aromatic hydroxyl groups is 1. The monoisotopic (exact) mass is 304 g/mol. The largest absolute Gasteiger partial charge is 0.507 e. The minimum absolute atomic E-state index is 0.0176. The quantitative estimate of drug-likeness (QED) is 0.758. The van der Waals surface area contributed by atoms with Crippen LogP contribution in [-0.2, 0) is 14.3 Å². The molecule has 0 spiro atoms. The summed E-state index contributed by atoms with van der Waals surface area (Å²) in [5.41, 5.74) is -0.383. The molecule has 7 heteroatoms. The third-order valence-electron chi connectivity index (χ3n) is 3.68. The first-order chi connectivity index (χ1) is 10.5. The number of fused-ring (bicyclic) bond motifs is 1. The van der Waals surface area contributed by atoms with Gasteiger partial charge in [-0.3, -0.25) is 14.4 Å². The number of cyclic esters (lactones) is 1. The van der Waals surface area contributed by atoms with Gasteiger partial charge in [0.1, 0.15) is 11.9 Å². The van der Waals surface area contributed by atoms with Crippen molar-refractivity contribution in [3.8, 4) is 5.75 Å². The van der Waals surface area contributed by atoms with Crippen LogP contribution < -0.4 is 0 Å². The fourth-order valence-corrected chi connectivity index (χ4v) is 2.71. The average molecular weight is 304 g/mol. The molecule has 0 radical (unpaired) electrons. The summed E-state index contributed by atoms with van der Waals surface area (Å²) in [6.45, 7) is 0. The Morgan fingerprint density at radius 2 is 1.95 bits per heavy atom. The lowest BCUT2D eigenvalue weighted by atomic mass is 9.84. The fourth-order valence-electron chi connectivity index (χ4n) is 2.71. The number of ketones is 2. The maximum absolute atomic E-state index is 12.6. The predicted octanol–water partition coefficient (Wildman–Crippen LogP) is 0.348. The minimum atomic E-state index is -1.26. The summed E-state index contributed by atoms with van der Waals surface area (Å²) in [6, 6.07) is 4.09. The van der Waals surface area contributed by atoms with Gasteiger partial charge in [-0.25, -0.2) is 0 Å². The molecule has 2 N–H and O–H groups in total. The van der Waals surface area contributed by atoms with Crippen molar-refractivity contribution in [3.63, 3.8) is 0 Å². The Morgan fingerprint density at radius 1 is 1.23 bits per heavy atom. The molecule has 0 amide bonds. The number of methoxy groups -OCH3 is 1. The second kappa shape index (κ2) is 4.96. The van der Waals surface area contributed by atoms with E-state index in [9.17, 15) is 24.6 Å². The summed E-state index contributed by atoms with van der Waals surface area (Å²) < 4.78 is 9.94. The van der Waals surface area contributed by atoms with Crippen LogP contribution in [0.2, 0.25) is 0 Å². The number of ether oxygens (including phenoxy) is 2. The summed E-state index contributed by atoms with van der Waals surface area (Å²) in [5, 5.41) is 19.7. The molecule has 2 aliphatic rings. The number of esters is 1. The third-order valence-corrected chi connectivity index (χ3v) is 3.68. The Labute approximate surface area is 124 Å². The number of carbonyl (C=O) groups is 3. The number of benzene rings is 1. The lowest BCUT2D eigenvalue weighted by Gasteiger charge is -2.24. The molecule has 0 saturated carbocycles. The number of aliphatic hydroxyl groups is 1. The smallest absolute Gasteiger partial charge is 0.309 e. The highest BCUT2D eigenvalue weighted by Crippen LogP contribution is 2.36. The van der Waals surface area contributed by atoms with E-state index < -0.39 is 29.7 Å². The normalized spacial score (nSPS) is 24.4. The van der Waals surface area contributed by atoms with E-state index in [0.29, 0.717) is 0 Å². The summed E-state index contributed by atoms with van der Waals surface area (Å²) in [6.07, 6.45) is -2.75. The van der Waals surface area contributed by atoms with E-state index in [-0.39, 0.29) is 34.6 Å². The molecule has 0 bridgehead atoms. The average Bonchev–Trinajstić information content (AvgIpc) is 2.80. The van der Waals surface area contributed by atoms with Crippen molar-refractivity contribution in [1.29, 1.82) is 0 Å². The van der Waals surface area contributed by atoms with Crippen molar-refractivity contribution >= 4 is 17.5 Å². The van der Waals surface area contributed by atoms with Crippen LogP contribution >= 0.6 is 0 Å². The molecule has 2 unspecified atom stereocenters. The maximum Gasteiger partial charge on any atom is 0.309 e. The standard InChI is InChI=1S/C15H12O7/c1-21-15-11(14-8(17)5-9(18)22-14)12(19)6-3-2-4-7(16)10(6)13(15)20/h2-4,8,14,16-17H,5H2,1H3.